The quantitative estimate of drug-likeness (QED) is 0.277. The van der Waals surface area contributed by atoms with Gasteiger partial charge in [0.1, 0.15) is 0 Å². The smallest absolute Gasteiger partial charge is 0.220 e. The van der Waals surface area contributed by atoms with Crippen molar-refractivity contribution in [2.75, 3.05) is 0 Å². The van der Waals surface area contributed by atoms with Crippen LogP contribution in [0.5, 0.6) is 0 Å². The van der Waals surface area contributed by atoms with E-state index in [1.807, 2.05) is 6.07 Å². The van der Waals surface area contributed by atoms with Gasteiger partial charge in [0, 0.05) is 5.56 Å². The lowest BCUT2D eigenvalue weighted by Gasteiger charge is -2.20. The van der Waals surface area contributed by atoms with Crippen molar-refractivity contribution in [1.82, 2.24) is 0 Å². The summed E-state index contributed by atoms with van der Waals surface area (Å²) in [6.45, 7) is 4.33. The van der Waals surface area contributed by atoms with Crippen molar-refractivity contribution in [3.63, 3.8) is 0 Å². The SMILES string of the molecule is CCCCCCCCCC(CCC)OC(O)C(=O)c1ccccc1. The molecule has 0 saturated heterocycles. The van der Waals surface area contributed by atoms with E-state index >= 15 is 0 Å². The predicted molar refractivity (Wildman–Crippen MR) is 99.2 cm³/mol. The van der Waals surface area contributed by atoms with Crippen molar-refractivity contribution < 1.29 is 14.6 Å². The van der Waals surface area contributed by atoms with Crippen LogP contribution in [0, 0.1) is 0 Å². The summed E-state index contributed by atoms with van der Waals surface area (Å²) >= 11 is 0. The minimum absolute atomic E-state index is 0.0340. The molecule has 1 N–H and O–H groups in total. The maximum Gasteiger partial charge on any atom is 0.220 e. The maximum absolute atomic E-state index is 12.2. The molecule has 24 heavy (non-hydrogen) atoms. The summed E-state index contributed by atoms with van der Waals surface area (Å²) in [6.07, 6.45) is 10.2. The normalized spacial score (nSPS) is 13.6. The number of aliphatic hydroxyl groups is 1. The van der Waals surface area contributed by atoms with Gasteiger partial charge in [-0.1, -0.05) is 95.5 Å². The lowest BCUT2D eigenvalue weighted by molar-refractivity contribution is -0.113. The molecule has 1 rings (SSSR count). The number of carbonyl (C=O) groups excluding carboxylic acids is 1. The van der Waals surface area contributed by atoms with Crippen LogP contribution in [0.2, 0.25) is 0 Å². The highest BCUT2D eigenvalue weighted by molar-refractivity contribution is 5.98. The van der Waals surface area contributed by atoms with Gasteiger partial charge in [0.25, 0.3) is 0 Å². The average Bonchev–Trinajstić information content (AvgIpc) is 2.61. The average molecular weight is 335 g/mol. The Morgan fingerprint density at radius 3 is 2.17 bits per heavy atom. The second-order valence-corrected chi connectivity index (χ2v) is 6.54. The Morgan fingerprint density at radius 1 is 0.917 bits per heavy atom. The van der Waals surface area contributed by atoms with Crippen LogP contribution in [-0.2, 0) is 4.74 Å². The molecule has 0 aliphatic rings. The van der Waals surface area contributed by atoms with E-state index in [1.165, 1.54) is 38.5 Å². The molecular weight excluding hydrogens is 300 g/mol. The molecular formula is C21H34O3. The molecule has 0 radical (unpaired) electrons. The van der Waals surface area contributed by atoms with E-state index in [0.29, 0.717) is 5.56 Å². The van der Waals surface area contributed by atoms with Gasteiger partial charge in [-0.3, -0.25) is 4.79 Å². The third-order valence-corrected chi connectivity index (χ3v) is 4.34. The molecule has 0 spiro atoms. The monoisotopic (exact) mass is 334 g/mol. The van der Waals surface area contributed by atoms with Crippen LogP contribution in [-0.4, -0.2) is 23.3 Å². The lowest BCUT2D eigenvalue weighted by atomic mass is 10.0. The first-order valence-corrected chi connectivity index (χ1v) is 9.61. The van der Waals surface area contributed by atoms with Gasteiger partial charge in [-0.25, -0.2) is 0 Å². The second kappa shape index (κ2) is 13.1. The standard InChI is InChI=1S/C21H34O3/c1-3-5-6-7-8-9-13-17-19(14-4-2)24-21(23)20(22)18-15-11-10-12-16-18/h10-12,15-16,19,21,23H,3-9,13-14,17H2,1-2H3. The highest BCUT2D eigenvalue weighted by atomic mass is 16.6. The van der Waals surface area contributed by atoms with Crippen LogP contribution in [0.25, 0.3) is 0 Å². The summed E-state index contributed by atoms with van der Waals surface area (Å²) in [5.74, 6) is -0.351. The molecule has 3 heteroatoms. The highest BCUT2D eigenvalue weighted by Gasteiger charge is 2.21. The number of Topliss-reactive ketones (excluding diaryl/α,β-unsaturated/α-hetero) is 1. The summed E-state index contributed by atoms with van der Waals surface area (Å²) in [7, 11) is 0. The summed E-state index contributed by atoms with van der Waals surface area (Å²) in [4.78, 5) is 12.2. The first-order valence-electron chi connectivity index (χ1n) is 9.61. The van der Waals surface area contributed by atoms with E-state index in [1.54, 1.807) is 24.3 Å². The molecule has 0 heterocycles. The van der Waals surface area contributed by atoms with Crippen molar-refractivity contribution in [3.8, 4) is 0 Å². The number of unbranched alkanes of at least 4 members (excludes halogenated alkanes) is 6. The zero-order chi connectivity index (χ0) is 17.6. The predicted octanol–water partition coefficient (Wildman–Crippen LogP) is 5.51. The summed E-state index contributed by atoms with van der Waals surface area (Å²) < 4.78 is 5.66. The largest absolute Gasteiger partial charge is 0.362 e. The zero-order valence-electron chi connectivity index (χ0n) is 15.4. The number of rotatable bonds is 14. The van der Waals surface area contributed by atoms with Crippen LogP contribution >= 0.6 is 0 Å². The molecule has 2 unspecified atom stereocenters. The number of benzene rings is 1. The first-order chi connectivity index (χ1) is 11.7. The summed E-state index contributed by atoms with van der Waals surface area (Å²) in [5.41, 5.74) is 0.496. The van der Waals surface area contributed by atoms with Gasteiger partial charge in [0.05, 0.1) is 6.10 Å². The molecule has 0 aliphatic heterocycles. The van der Waals surface area contributed by atoms with Gasteiger partial charge in [0.2, 0.25) is 12.1 Å². The Hall–Kier alpha value is -1.19. The number of aliphatic hydroxyl groups excluding tert-OH is 1. The second-order valence-electron chi connectivity index (χ2n) is 6.54. The van der Waals surface area contributed by atoms with Gasteiger partial charge in [-0.2, -0.15) is 0 Å². The summed E-state index contributed by atoms with van der Waals surface area (Å²) in [6, 6.07) is 8.86. The Kier molecular flexibility index (Phi) is 11.4. The molecule has 1 aromatic rings. The molecule has 0 saturated carbocycles. The fourth-order valence-electron chi connectivity index (χ4n) is 2.92. The number of hydrogen-bond donors (Lipinski definition) is 1. The van der Waals surface area contributed by atoms with Gasteiger partial charge in [-0.15, -0.1) is 0 Å². The molecule has 2 atom stereocenters. The Bertz CT molecular complexity index is 430. The zero-order valence-corrected chi connectivity index (χ0v) is 15.4. The maximum atomic E-state index is 12.2. The van der Waals surface area contributed by atoms with Crippen LogP contribution in [0.3, 0.4) is 0 Å². The fraction of sp³-hybridized carbons (Fsp3) is 0.667. The number of ether oxygens (including phenoxy) is 1. The van der Waals surface area contributed by atoms with E-state index in [4.69, 9.17) is 4.74 Å². The molecule has 0 fully saturated rings. The third kappa shape index (κ3) is 8.60. The lowest BCUT2D eigenvalue weighted by Crippen LogP contribution is -2.29. The van der Waals surface area contributed by atoms with Crippen molar-refractivity contribution in [2.24, 2.45) is 0 Å². The minimum Gasteiger partial charge on any atom is -0.362 e. The van der Waals surface area contributed by atoms with Gasteiger partial charge < -0.3 is 9.84 Å². The Morgan fingerprint density at radius 2 is 1.54 bits per heavy atom. The van der Waals surface area contributed by atoms with Crippen molar-refractivity contribution >= 4 is 5.78 Å². The van der Waals surface area contributed by atoms with Gasteiger partial charge >= 0.3 is 0 Å². The molecule has 0 aliphatic carbocycles. The topological polar surface area (TPSA) is 46.5 Å². The van der Waals surface area contributed by atoms with E-state index in [0.717, 1.165) is 25.7 Å². The minimum atomic E-state index is -1.35. The third-order valence-electron chi connectivity index (χ3n) is 4.34. The number of hydrogen-bond acceptors (Lipinski definition) is 3. The van der Waals surface area contributed by atoms with E-state index < -0.39 is 6.29 Å². The van der Waals surface area contributed by atoms with Crippen LogP contribution < -0.4 is 0 Å². The molecule has 0 amide bonds. The molecule has 0 bridgehead atoms. The van der Waals surface area contributed by atoms with Crippen LogP contribution in [0.1, 0.15) is 88.4 Å². The van der Waals surface area contributed by atoms with E-state index in [9.17, 15) is 9.90 Å². The van der Waals surface area contributed by atoms with E-state index in [2.05, 4.69) is 13.8 Å². The molecule has 3 nitrogen and oxygen atoms in total. The van der Waals surface area contributed by atoms with E-state index in [-0.39, 0.29) is 11.9 Å². The summed E-state index contributed by atoms with van der Waals surface area (Å²) in [5, 5.41) is 10.1. The van der Waals surface area contributed by atoms with Gasteiger partial charge in [0.15, 0.2) is 0 Å². The number of carbonyl (C=O) groups is 1. The Balaban J connectivity index is 2.32. The molecule has 136 valence electrons. The Labute approximate surface area is 147 Å². The fourth-order valence-corrected chi connectivity index (χ4v) is 2.92. The first kappa shape index (κ1) is 20.9. The van der Waals surface area contributed by atoms with Crippen LogP contribution in [0.15, 0.2) is 30.3 Å². The van der Waals surface area contributed by atoms with Crippen molar-refractivity contribution in [1.29, 1.82) is 0 Å². The van der Waals surface area contributed by atoms with Gasteiger partial charge in [-0.05, 0) is 12.8 Å². The van der Waals surface area contributed by atoms with Crippen molar-refractivity contribution in [3.05, 3.63) is 35.9 Å². The molecule has 1 aromatic carbocycles. The van der Waals surface area contributed by atoms with Crippen molar-refractivity contribution in [2.45, 2.75) is 90.4 Å². The number of ketones is 1. The van der Waals surface area contributed by atoms with Crippen LogP contribution in [0.4, 0.5) is 0 Å². The highest BCUT2D eigenvalue weighted by Crippen LogP contribution is 2.17. The molecule has 0 aromatic heterocycles.